The molecule has 0 amide bonds. The number of rotatable bonds is 5. The Labute approximate surface area is 181 Å². The van der Waals surface area contributed by atoms with Gasteiger partial charge >= 0.3 is 0 Å². The molecule has 4 rings (SSSR count). The summed E-state index contributed by atoms with van der Waals surface area (Å²) in [7, 11) is -1.22. The molecule has 0 aliphatic heterocycles. The van der Waals surface area contributed by atoms with Gasteiger partial charge in [-0.3, -0.25) is 4.21 Å². The van der Waals surface area contributed by atoms with Crippen LogP contribution in [-0.2, 0) is 16.4 Å². The maximum absolute atomic E-state index is 13.7. The highest BCUT2D eigenvalue weighted by atomic mass is 32.2. The molecule has 2 nitrogen and oxygen atoms in total. The van der Waals surface area contributed by atoms with Gasteiger partial charge in [-0.15, -0.1) is 0 Å². The van der Waals surface area contributed by atoms with E-state index in [1.54, 1.807) is 0 Å². The van der Waals surface area contributed by atoms with E-state index in [4.69, 9.17) is 0 Å². The van der Waals surface area contributed by atoms with Gasteiger partial charge in [-0.1, -0.05) is 90.0 Å². The standard InChI is InChI=1S/C27H28O2S/c1-20-18-25(26(19-21(20)2)30(29)24-16-10-5-11-17-24)27(28,22-12-6-3-7-13-22)23-14-8-4-9-15-23/h3-17,25-26,28H,18-19H2,1-2H3/t25-,26+,30?/m0/s1. The lowest BCUT2D eigenvalue weighted by Crippen LogP contribution is -2.46. The van der Waals surface area contributed by atoms with E-state index in [0.29, 0.717) is 0 Å². The Morgan fingerprint density at radius 1 is 0.733 bits per heavy atom. The molecule has 30 heavy (non-hydrogen) atoms. The van der Waals surface area contributed by atoms with E-state index >= 15 is 0 Å². The molecule has 3 atom stereocenters. The lowest BCUT2D eigenvalue weighted by molar-refractivity contribution is 0.0120. The predicted octanol–water partition coefficient (Wildman–Crippen LogP) is 5.85. The molecule has 0 aromatic heterocycles. The molecule has 0 saturated carbocycles. The molecular weight excluding hydrogens is 388 g/mol. The zero-order valence-corrected chi connectivity index (χ0v) is 18.3. The van der Waals surface area contributed by atoms with Gasteiger partial charge in [-0.2, -0.15) is 0 Å². The van der Waals surface area contributed by atoms with Crippen molar-refractivity contribution in [3.05, 3.63) is 113 Å². The van der Waals surface area contributed by atoms with Crippen LogP contribution in [0.3, 0.4) is 0 Å². The molecule has 1 aliphatic rings. The van der Waals surface area contributed by atoms with Crippen LogP contribution in [0.25, 0.3) is 0 Å². The van der Waals surface area contributed by atoms with Crippen LogP contribution in [0.5, 0.6) is 0 Å². The first kappa shape index (κ1) is 20.8. The third kappa shape index (κ3) is 3.80. The van der Waals surface area contributed by atoms with Crippen molar-refractivity contribution in [2.24, 2.45) is 5.92 Å². The summed E-state index contributed by atoms with van der Waals surface area (Å²) in [5.74, 6) is -0.202. The maximum atomic E-state index is 13.7. The van der Waals surface area contributed by atoms with Crippen molar-refractivity contribution in [2.75, 3.05) is 0 Å². The topological polar surface area (TPSA) is 37.3 Å². The third-order valence-corrected chi connectivity index (χ3v) is 8.21. The van der Waals surface area contributed by atoms with E-state index in [9.17, 15) is 9.32 Å². The summed E-state index contributed by atoms with van der Waals surface area (Å²) >= 11 is 0. The number of hydrogen-bond acceptors (Lipinski definition) is 2. The second-order valence-corrected chi connectivity index (χ2v) is 9.89. The molecular formula is C27H28O2S. The smallest absolute Gasteiger partial charge is 0.119 e. The third-order valence-electron chi connectivity index (χ3n) is 6.43. The van der Waals surface area contributed by atoms with Crippen molar-refractivity contribution >= 4 is 10.8 Å². The fourth-order valence-corrected chi connectivity index (χ4v) is 6.37. The number of benzene rings is 3. The largest absolute Gasteiger partial charge is 0.380 e. The molecule has 0 spiro atoms. The molecule has 3 heteroatoms. The van der Waals surface area contributed by atoms with E-state index in [1.807, 2.05) is 91.0 Å². The van der Waals surface area contributed by atoms with E-state index < -0.39 is 16.4 Å². The van der Waals surface area contributed by atoms with Crippen molar-refractivity contribution in [2.45, 2.75) is 42.4 Å². The predicted molar refractivity (Wildman–Crippen MR) is 124 cm³/mol. The van der Waals surface area contributed by atoms with Gasteiger partial charge in [-0.25, -0.2) is 0 Å². The maximum Gasteiger partial charge on any atom is 0.119 e. The first-order chi connectivity index (χ1) is 14.5. The average Bonchev–Trinajstić information content (AvgIpc) is 2.81. The monoisotopic (exact) mass is 416 g/mol. The Morgan fingerprint density at radius 2 is 1.17 bits per heavy atom. The molecule has 0 bridgehead atoms. The number of aliphatic hydroxyl groups is 1. The molecule has 0 fully saturated rings. The van der Waals surface area contributed by atoms with Crippen molar-refractivity contribution in [1.29, 1.82) is 0 Å². The van der Waals surface area contributed by atoms with Crippen LogP contribution < -0.4 is 0 Å². The summed E-state index contributed by atoms with van der Waals surface area (Å²) < 4.78 is 13.7. The molecule has 0 radical (unpaired) electrons. The first-order valence-electron chi connectivity index (χ1n) is 10.5. The molecule has 1 aliphatic carbocycles. The molecule has 154 valence electrons. The number of allylic oxidation sites excluding steroid dienone is 2. The van der Waals surface area contributed by atoms with Crippen molar-refractivity contribution in [3.8, 4) is 0 Å². The van der Waals surface area contributed by atoms with Crippen molar-refractivity contribution in [3.63, 3.8) is 0 Å². The van der Waals surface area contributed by atoms with Crippen LogP contribution in [-0.4, -0.2) is 14.6 Å². The molecule has 0 saturated heterocycles. The highest BCUT2D eigenvalue weighted by molar-refractivity contribution is 7.85. The van der Waals surface area contributed by atoms with E-state index in [0.717, 1.165) is 28.9 Å². The average molecular weight is 417 g/mol. The summed E-state index contributed by atoms with van der Waals surface area (Å²) in [6.07, 6.45) is 1.44. The fourth-order valence-electron chi connectivity index (χ4n) is 4.60. The van der Waals surface area contributed by atoms with Crippen molar-refractivity contribution in [1.82, 2.24) is 0 Å². The fraction of sp³-hybridized carbons (Fsp3) is 0.259. The zero-order chi connectivity index (χ0) is 21.1. The molecule has 1 unspecified atom stereocenters. The Hall–Kier alpha value is -2.49. The van der Waals surface area contributed by atoms with E-state index in [1.165, 1.54) is 11.1 Å². The summed E-state index contributed by atoms with van der Waals surface area (Å²) in [4.78, 5) is 0.823. The second kappa shape index (κ2) is 8.71. The second-order valence-electron chi connectivity index (χ2n) is 8.22. The highest BCUT2D eigenvalue weighted by Crippen LogP contribution is 2.47. The normalized spacial score (nSPS) is 20.8. The van der Waals surface area contributed by atoms with Gasteiger partial charge in [0.2, 0.25) is 0 Å². The van der Waals surface area contributed by atoms with Crippen LogP contribution in [0.2, 0.25) is 0 Å². The minimum Gasteiger partial charge on any atom is -0.380 e. The van der Waals surface area contributed by atoms with Gasteiger partial charge < -0.3 is 5.11 Å². The summed E-state index contributed by atoms with van der Waals surface area (Å²) in [6.45, 7) is 4.27. The van der Waals surface area contributed by atoms with E-state index in [2.05, 4.69) is 13.8 Å². The molecule has 0 heterocycles. The lowest BCUT2D eigenvalue weighted by Gasteiger charge is -2.44. The van der Waals surface area contributed by atoms with Gasteiger partial charge in [0.25, 0.3) is 0 Å². The molecule has 1 N–H and O–H groups in total. The Kier molecular flexibility index (Phi) is 6.03. The van der Waals surface area contributed by atoms with Crippen LogP contribution in [0, 0.1) is 5.92 Å². The van der Waals surface area contributed by atoms with E-state index in [-0.39, 0.29) is 11.2 Å². The Morgan fingerprint density at radius 3 is 1.67 bits per heavy atom. The summed E-state index contributed by atoms with van der Waals surface area (Å²) in [6, 6.07) is 29.4. The van der Waals surface area contributed by atoms with Crippen LogP contribution in [0.1, 0.15) is 37.8 Å². The van der Waals surface area contributed by atoms with Crippen LogP contribution in [0.4, 0.5) is 0 Å². The van der Waals surface area contributed by atoms with Gasteiger partial charge in [-0.05, 0) is 49.9 Å². The molecule has 3 aromatic rings. The van der Waals surface area contributed by atoms with Crippen molar-refractivity contribution < 1.29 is 9.32 Å². The number of hydrogen-bond donors (Lipinski definition) is 1. The van der Waals surface area contributed by atoms with Gasteiger partial charge in [0.15, 0.2) is 0 Å². The van der Waals surface area contributed by atoms with Gasteiger partial charge in [0.1, 0.15) is 5.60 Å². The SMILES string of the molecule is CC1=C(C)C[C@H](C(O)(c2ccccc2)c2ccccc2)[C@H](S(=O)c2ccccc2)C1. The Bertz CT molecular complexity index is 1000. The first-order valence-corrected chi connectivity index (χ1v) is 11.7. The van der Waals surface area contributed by atoms with Gasteiger partial charge in [0.05, 0.1) is 10.8 Å². The minimum atomic E-state index is -1.22. The Balaban J connectivity index is 1.88. The minimum absolute atomic E-state index is 0.179. The zero-order valence-electron chi connectivity index (χ0n) is 17.5. The van der Waals surface area contributed by atoms with Crippen LogP contribution >= 0.6 is 0 Å². The van der Waals surface area contributed by atoms with Crippen LogP contribution in [0.15, 0.2) is 107 Å². The lowest BCUT2D eigenvalue weighted by atomic mass is 9.68. The quantitative estimate of drug-likeness (QED) is 0.530. The highest BCUT2D eigenvalue weighted by Gasteiger charge is 2.47. The summed E-state index contributed by atoms with van der Waals surface area (Å²) in [5.41, 5.74) is 3.04. The van der Waals surface area contributed by atoms with Gasteiger partial charge in [0, 0.05) is 16.1 Å². The summed E-state index contributed by atoms with van der Waals surface area (Å²) in [5, 5.41) is 12.2. The molecule has 3 aromatic carbocycles.